The maximum Gasteiger partial charge on any atom is 0.271 e. The zero-order chi connectivity index (χ0) is 17.4. The Labute approximate surface area is 147 Å². The Bertz CT molecular complexity index is 968. The molecule has 9 heteroatoms. The number of hydrogen-bond acceptors (Lipinski definition) is 6. The third kappa shape index (κ3) is 2.84. The lowest BCUT2D eigenvalue weighted by molar-refractivity contribution is 0.0935. The van der Waals surface area contributed by atoms with Gasteiger partial charge in [0, 0.05) is 23.8 Å². The molecule has 1 aliphatic rings. The van der Waals surface area contributed by atoms with Gasteiger partial charge in [-0.25, -0.2) is 4.98 Å². The third-order valence-electron chi connectivity index (χ3n) is 4.64. The zero-order valence-electron chi connectivity index (χ0n) is 13.8. The largest absolute Gasteiger partial charge is 0.342 e. The summed E-state index contributed by atoms with van der Waals surface area (Å²) in [4.78, 5) is 29.7. The van der Waals surface area contributed by atoms with E-state index in [9.17, 15) is 9.59 Å². The van der Waals surface area contributed by atoms with Crippen LogP contribution in [-0.2, 0) is 0 Å². The van der Waals surface area contributed by atoms with Gasteiger partial charge in [-0.15, -0.1) is 21.5 Å². The minimum Gasteiger partial charge on any atom is -0.342 e. The standard InChI is InChI=1S/C16H18N6O2S/c1-10(13-20-18-9-22(13)11-4-2-3-5-11)19-14(23)12-8-17-16-21(15(12)24)6-7-25-16/h6-11H,2-5H2,1H3,(H,19,23). The van der Waals surface area contributed by atoms with Crippen LogP contribution in [0.1, 0.15) is 60.9 Å². The van der Waals surface area contributed by atoms with Crippen molar-refractivity contribution in [3.05, 3.63) is 45.8 Å². The van der Waals surface area contributed by atoms with E-state index in [0.29, 0.717) is 16.8 Å². The predicted octanol–water partition coefficient (Wildman–Crippen LogP) is 1.95. The van der Waals surface area contributed by atoms with Crippen molar-refractivity contribution in [2.45, 2.75) is 44.7 Å². The second-order valence-corrected chi connectivity index (χ2v) is 7.14. The zero-order valence-corrected chi connectivity index (χ0v) is 14.6. The van der Waals surface area contributed by atoms with Crippen LogP contribution in [0.2, 0.25) is 0 Å². The number of fused-ring (bicyclic) bond motifs is 1. The van der Waals surface area contributed by atoms with Crippen LogP contribution in [0.25, 0.3) is 4.96 Å². The molecule has 0 aromatic carbocycles. The minimum absolute atomic E-state index is 0.0229. The van der Waals surface area contributed by atoms with Crippen molar-refractivity contribution in [1.29, 1.82) is 0 Å². The van der Waals surface area contributed by atoms with Crippen LogP contribution in [0.4, 0.5) is 0 Å². The highest BCUT2D eigenvalue weighted by atomic mass is 32.1. The van der Waals surface area contributed by atoms with E-state index in [0.717, 1.165) is 12.8 Å². The highest BCUT2D eigenvalue weighted by Crippen LogP contribution is 2.31. The fourth-order valence-corrected chi connectivity index (χ4v) is 4.02. The summed E-state index contributed by atoms with van der Waals surface area (Å²) in [6, 6.07) is 0.0389. The first-order chi connectivity index (χ1) is 12.1. The maximum absolute atomic E-state index is 12.6. The van der Waals surface area contributed by atoms with E-state index < -0.39 is 5.91 Å². The molecule has 25 heavy (non-hydrogen) atoms. The summed E-state index contributed by atoms with van der Waals surface area (Å²) in [7, 11) is 0. The quantitative estimate of drug-likeness (QED) is 0.769. The molecular weight excluding hydrogens is 340 g/mol. The summed E-state index contributed by atoms with van der Waals surface area (Å²) >= 11 is 1.35. The second-order valence-electron chi connectivity index (χ2n) is 6.26. The molecule has 1 amide bonds. The molecule has 3 aromatic rings. The van der Waals surface area contributed by atoms with Gasteiger partial charge in [0.05, 0.1) is 6.04 Å². The average Bonchev–Trinajstić information content (AvgIpc) is 3.34. The summed E-state index contributed by atoms with van der Waals surface area (Å²) in [5, 5.41) is 12.8. The van der Waals surface area contributed by atoms with E-state index in [1.807, 2.05) is 11.5 Å². The first-order valence-electron chi connectivity index (χ1n) is 8.30. The molecule has 3 heterocycles. The Balaban J connectivity index is 1.57. The molecule has 1 aliphatic carbocycles. The van der Waals surface area contributed by atoms with Crippen LogP contribution in [0.15, 0.2) is 28.9 Å². The van der Waals surface area contributed by atoms with Crippen molar-refractivity contribution in [2.24, 2.45) is 0 Å². The van der Waals surface area contributed by atoms with Crippen LogP contribution >= 0.6 is 11.3 Å². The molecule has 4 rings (SSSR count). The molecule has 130 valence electrons. The summed E-state index contributed by atoms with van der Waals surface area (Å²) in [5.41, 5.74) is -0.345. The summed E-state index contributed by atoms with van der Waals surface area (Å²) in [5.74, 6) is 0.261. The van der Waals surface area contributed by atoms with Crippen molar-refractivity contribution < 1.29 is 4.79 Å². The average molecular weight is 358 g/mol. The van der Waals surface area contributed by atoms with Crippen molar-refractivity contribution in [3.8, 4) is 0 Å². The Kier molecular flexibility index (Phi) is 4.08. The van der Waals surface area contributed by atoms with E-state index in [4.69, 9.17) is 0 Å². The molecule has 1 saturated carbocycles. The van der Waals surface area contributed by atoms with Gasteiger partial charge in [-0.2, -0.15) is 0 Å². The Morgan fingerprint density at radius 3 is 3.00 bits per heavy atom. The fraction of sp³-hybridized carbons (Fsp3) is 0.438. The molecular formula is C16H18N6O2S. The number of rotatable bonds is 4. The van der Waals surface area contributed by atoms with Crippen molar-refractivity contribution in [1.82, 2.24) is 29.5 Å². The number of aromatic nitrogens is 5. The molecule has 8 nitrogen and oxygen atoms in total. The molecule has 0 aliphatic heterocycles. The van der Waals surface area contributed by atoms with Gasteiger partial charge in [0.1, 0.15) is 11.9 Å². The summed E-state index contributed by atoms with van der Waals surface area (Å²) in [6.07, 6.45) is 9.28. The normalized spacial score (nSPS) is 16.4. The Hall–Kier alpha value is -2.55. The van der Waals surface area contributed by atoms with Crippen LogP contribution < -0.4 is 10.9 Å². The van der Waals surface area contributed by atoms with Gasteiger partial charge in [0.15, 0.2) is 10.8 Å². The van der Waals surface area contributed by atoms with Gasteiger partial charge < -0.3 is 9.88 Å². The van der Waals surface area contributed by atoms with Crippen LogP contribution in [0, 0.1) is 0 Å². The number of amides is 1. The lowest BCUT2D eigenvalue weighted by Crippen LogP contribution is -2.34. The lowest BCUT2D eigenvalue weighted by Gasteiger charge is -2.18. The molecule has 0 radical (unpaired) electrons. The van der Waals surface area contributed by atoms with Gasteiger partial charge in [0.25, 0.3) is 11.5 Å². The van der Waals surface area contributed by atoms with Crippen molar-refractivity contribution in [3.63, 3.8) is 0 Å². The van der Waals surface area contributed by atoms with Crippen LogP contribution in [-0.4, -0.2) is 30.1 Å². The highest BCUT2D eigenvalue weighted by Gasteiger charge is 2.24. The van der Waals surface area contributed by atoms with E-state index in [1.54, 1.807) is 17.9 Å². The maximum atomic E-state index is 12.6. The number of hydrogen-bond donors (Lipinski definition) is 1. The van der Waals surface area contributed by atoms with E-state index in [2.05, 4.69) is 20.5 Å². The topological polar surface area (TPSA) is 94.2 Å². The number of nitrogens with one attached hydrogen (secondary N) is 1. The monoisotopic (exact) mass is 358 g/mol. The first kappa shape index (κ1) is 15.9. The van der Waals surface area contributed by atoms with Gasteiger partial charge >= 0.3 is 0 Å². The Morgan fingerprint density at radius 2 is 2.20 bits per heavy atom. The van der Waals surface area contributed by atoms with Crippen molar-refractivity contribution in [2.75, 3.05) is 0 Å². The van der Waals surface area contributed by atoms with Gasteiger partial charge in [-0.05, 0) is 19.8 Å². The molecule has 1 atom stereocenters. The molecule has 3 aromatic heterocycles. The highest BCUT2D eigenvalue weighted by molar-refractivity contribution is 7.15. The van der Waals surface area contributed by atoms with Crippen molar-refractivity contribution >= 4 is 22.2 Å². The predicted molar refractivity (Wildman–Crippen MR) is 92.7 cm³/mol. The van der Waals surface area contributed by atoms with E-state index in [-0.39, 0.29) is 17.2 Å². The molecule has 1 fully saturated rings. The van der Waals surface area contributed by atoms with Gasteiger partial charge in [-0.3, -0.25) is 14.0 Å². The molecule has 1 unspecified atom stereocenters. The number of carbonyl (C=O) groups is 1. The first-order valence-corrected chi connectivity index (χ1v) is 9.18. The second kappa shape index (κ2) is 6.40. The fourth-order valence-electron chi connectivity index (χ4n) is 3.34. The lowest BCUT2D eigenvalue weighted by atomic mass is 10.2. The molecule has 0 saturated heterocycles. The number of nitrogens with zero attached hydrogens (tertiary/aromatic N) is 5. The molecule has 0 spiro atoms. The van der Waals surface area contributed by atoms with Crippen LogP contribution in [0.5, 0.6) is 0 Å². The summed E-state index contributed by atoms with van der Waals surface area (Å²) in [6.45, 7) is 1.85. The summed E-state index contributed by atoms with van der Waals surface area (Å²) < 4.78 is 3.43. The van der Waals surface area contributed by atoms with Gasteiger partial charge in [-0.1, -0.05) is 12.8 Å². The number of thiazole rings is 1. The van der Waals surface area contributed by atoms with E-state index >= 15 is 0 Å². The van der Waals surface area contributed by atoms with E-state index in [1.165, 1.54) is 34.8 Å². The van der Waals surface area contributed by atoms with Crippen LogP contribution in [0.3, 0.4) is 0 Å². The SMILES string of the molecule is CC(NC(=O)c1cnc2sccn2c1=O)c1nncn1C1CCCC1. The molecule has 0 bridgehead atoms. The number of carbonyl (C=O) groups excluding carboxylic acids is 1. The van der Waals surface area contributed by atoms with Gasteiger partial charge in [0.2, 0.25) is 0 Å². The third-order valence-corrected chi connectivity index (χ3v) is 5.41. The smallest absolute Gasteiger partial charge is 0.271 e. The molecule has 1 N–H and O–H groups in total. The Morgan fingerprint density at radius 1 is 1.40 bits per heavy atom. The minimum atomic E-state index is -0.452.